The minimum atomic E-state index is -0.944. The number of hydrogen-bond acceptors (Lipinski definition) is 6. The summed E-state index contributed by atoms with van der Waals surface area (Å²) in [6, 6.07) is 24.6. The van der Waals surface area contributed by atoms with Crippen molar-refractivity contribution in [3.63, 3.8) is 0 Å². The number of para-hydroxylation sites is 3. The van der Waals surface area contributed by atoms with Crippen LogP contribution in [0.3, 0.4) is 0 Å². The molecule has 0 fully saturated rings. The standard InChI is InChI=1S/C24H20N2O4S/c1-16(29-22(27)15-31-24-26-20-13-7-8-14-21(20)30-24)23(28)25-19-12-6-5-11-18(19)17-9-3-2-4-10-17/h2-14,16H,15H2,1H3,(H,25,28). The lowest BCUT2D eigenvalue weighted by Crippen LogP contribution is -2.30. The molecular formula is C24H20N2O4S. The van der Waals surface area contributed by atoms with Crippen LogP contribution in [-0.4, -0.2) is 28.7 Å². The van der Waals surface area contributed by atoms with Crippen LogP contribution in [0.25, 0.3) is 22.2 Å². The first-order valence-corrected chi connectivity index (χ1v) is 10.7. The maximum atomic E-state index is 12.6. The van der Waals surface area contributed by atoms with Gasteiger partial charge in [-0.1, -0.05) is 72.4 Å². The number of thioether (sulfide) groups is 1. The molecule has 4 aromatic rings. The largest absolute Gasteiger partial charge is 0.452 e. The predicted molar refractivity (Wildman–Crippen MR) is 121 cm³/mol. The third-order valence-corrected chi connectivity index (χ3v) is 5.34. The summed E-state index contributed by atoms with van der Waals surface area (Å²) in [5.41, 5.74) is 3.91. The summed E-state index contributed by atoms with van der Waals surface area (Å²) in [5, 5.41) is 3.23. The molecular weight excluding hydrogens is 412 g/mol. The van der Waals surface area contributed by atoms with Crippen molar-refractivity contribution in [1.29, 1.82) is 0 Å². The summed E-state index contributed by atoms with van der Waals surface area (Å²) < 4.78 is 10.9. The fourth-order valence-electron chi connectivity index (χ4n) is 3.01. The Morgan fingerprint density at radius 3 is 2.52 bits per heavy atom. The average molecular weight is 433 g/mol. The second-order valence-corrected chi connectivity index (χ2v) is 7.70. The summed E-state index contributed by atoms with van der Waals surface area (Å²) in [7, 11) is 0. The molecule has 7 heteroatoms. The first-order chi connectivity index (χ1) is 15.1. The van der Waals surface area contributed by atoms with Crippen LogP contribution in [0.5, 0.6) is 0 Å². The number of ether oxygens (including phenoxy) is 1. The fraction of sp³-hybridized carbons (Fsp3) is 0.125. The number of nitrogens with zero attached hydrogens (tertiary/aromatic N) is 1. The van der Waals surface area contributed by atoms with Gasteiger partial charge in [-0.05, 0) is 30.7 Å². The van der Waals surface area contributed by atoms with Gasteiger partial charge >= 0.3 is 5.97 Å². The van der Waals surface area contributed by atoms with Crippen molar-refractivity contribution in [1.82, 2.24) is 4.98 Å². The number of rotatable bonds is 7. The fourth-order valence-corrected chi connectivity index (χ4v) is 3.64. The molecule has 0 saturated heterocycles. The van der Waals surface area contributed by atoms with E-state index in [0.717, 1.165) is 28.4 Å². The number of carbonyl (C=O) groups excluding carboxylic acids is 2. The van der Waals surface area contributed by atoms with Crippen molar-refractivity contribution < 1.29 is 18.7 Å². The summed E-state index contributed by atoms with van der Waals surface area (Å²) >= 11 is 1.13. The lowest BCUT2D eigenvalue weighted by atomic mass is 10.0. The van der Waals surface area contributed by atoms with Gasteiger partial charge in [-0.3, -0.25) is 9.59 Å². The minimum absolute atomic E-state index is 0.00888. The van der Waals surface area contributed by atoms with Crippen molar-refractivity contribution in [2.45, 2.75) is 18.3 Å². The van der Waals surface area contributed by atoms with Gasteiger partial charge < -0.3 is 14.5 Å². The predicted octanol–water partition coefficient (Wildman–Crippen LogP) is 5.16. The molecule has 0 aliphatic heterocycles. The Balaban J connectivity index is 1.34. The molecule has 3 aromatic carbocycles. The smallest absolute Gasteiger partial charge is 0.317 e. The van der Waals surface area contributed by atoms with E-state index in [0.29, 0.717) is 16.5 Å². The first-order valence-electron chi connectivity index (χ1n) is 9.73. The van der Waals surface area contributed by atoms with Gasteiger partial charge in [0.05, 0.1) is 0 Å². The summed E-state index contributed by atoms with van der Waals surface area (Å²) in [4.78, 5) is 29.1. The minimum Gasteiger partial charge on any atom is -0.452 e. The normalized spacial score (nSPS) is 11.8. The summed E-state index contributed by atoms with van der Waals surface area (Å²) in [6.07, 6.45) is -0.944. The second kappa shape index (κ2) is 9.49. The summed E-state index contributed by atoms with van der Waals surface area (Å²) in [5.74, 6) is -0.930. The highest BCUT2D eigenvalue weighted by atomic mass is 32.2. The molecule has 0 saturated carbocycles. The monoisotopic (exact) mass is 432 g/mol. The number of benzene rings is 3. The number of hydrogen-bond donors (Lipinski definition) is 1. The molecule has 0 aliphatic carbocycles. The van der Waals surface area contributed by atoms with Crippen molar-refractivity contribution >= 4 is 40.4 Å². The number of oxazole rings is 1. The number of esters is 1. The van der Waals surface area contributed by atoms with Crippen LogP contribution in [0.1, 0.15) is 6.92 Å². The lowest BCUT2D eigenvalue weighted by molar-refractivity contribution is -0.150. The van der Waals surface area contributed by atoms with Crippen molar-refractivity contribution in [3.8, 4) is 11.1 Å². The Kier molecular flexibility index (Phi) is 6.33. The maximum absolute atomic E-state index is 12.6. The molecule has 1 unspecified atom stereocenters. The van der Waals surface area contributed by atoms with Crippen LogP contribution in [0.4, 0.5) is 5.69 Å². The highest BCUT2D eigenvalue weighted by Crippen LogP contribution is 2.28. The van der Waals surface area contributed by atoms with Crippen LogP contribution < -0.4 is 5.32 Å². The van der Waals surface area contributed by atoms with Gasteiger partial charge in [0.15, 0.2) is 11.7 Å². The molecule has 0 bridgehead atoms. The number of aromatic nitrogens is 1. The molecule has 156 valence electrons. The Labute approximate surface area is 183 Å². The van der Waals surface area contributed by atoms with Crippen LogP contribution >= 0.6 is 11.8 Å². The van der Waals surface area contributed by atoms with Gasteiger partial charge in [-0.15, -0.1) is 0 Å². The van der Waals surface area contributed by atoms with Gasteiger partial charge in [-0.2, -0.15) is 0 Å². The van der Waals surface area contributed by atoms with Gasteiger partial charge in [-0.25, -0.2) is 4.98 Å². The molecule has 1 heterocycles. The highest BCUT2D eigenvalue weighted by Gasteiger charge is 2.20. The Bertz CT molecular complexity index is 1170. The zero-order chi connectivity index (χ0) is 21.6. The molecule has 0 radical (unpaired) electrons. The highest BCUT2D eigenvalue weighted by molar-refractivity contribution is 7.99. The average Bonchev–Trinajstić information content (AvgIpc) is 3.22. The van der Waals surface area contributed by atoms with E-state index >= 15 is 0 Å². The molecule has 31 heavy (non-hydrogen) atoms. The molecule has 1 amide bonds. The van der Waals surface area contributed by atoms with E-state index in [-0.39, 0.29) is 5.75 Å². The van der Waals surface area contributed by atoms with Crippen LogP contribution in [-0.2, 0) is 14.3 Å². The zero-order valence-corrected chi connectivity index (χ0v) is 17.6. The SMILES string of the molecule is CC(OC(=O)CSc1nc2ccccc2o1)C(=O)Nc1ccccc1-c1ccccc1. The topological polar surface area (TPSA) is 81.4 Å². The molecule has 6 nitrogen and oxygen atoms in total. The molecule has 0 spiro atoms. The van der Waals surface area contributed by atoms with E-state index < -0.39 is 18.0 Å². The van der Waals surface area contributed by atoms with E-state index in [1.54, 1.807) is 6.92 Å². The van der Waals surface area contributed by atoms with Gasteiger partial charge in [0, 0.05) is 11.3 Å². The van der Waals surface area contributed by atoms with Crippen molar-refractivity contribution in [2.75, 3.05) is 11.1 Å². The second-order valence-electron chi connectivity index (χ2n) is 6.77. The first kappa shape index (κ1) is 20.7. The van der Waals surface area contributed by atoms with Gasteiger partial charge in [0.1, 0.15) is 11.3 Å². The molecule has 1 aromatic heterocycles. The zero-order valence-electron chi connectivity index (χ0n) is 16.8. The third-order valence-electron chi connectivity index (χ3n) is 4.53. The van der Waals surface area contributed by atoms with Gasteiger partial charge in [0.2, 0.25) is 0 Å². The molecule has 1 N–H and O–H groups in total. The number of amides is 1. The van der Waals surface area contributed by atoms with Crippen molar-refractivity contribution in [2.24, 2.45) is 0 Å². The Morgan fingerprint density at radius 1 is 1.00 bits per heavy atom. The van der Waals surface area contributed by atoms with Crippen LogP contribution in [0.15, 0.2) is 88.5 Å². The van der Waals surface area contributed by atoms with E-state index in [4.69, 9.17) is 9.15 Å². The number of carbonyl (C=O) groups is 2. The number of fused-ring (bicyclic) bond motifs is 1. The Hall–Kier alpha value is -3.58. The maximum Gasteiger partial charge on any atom is 0.317 e. The summed E-state index contributed by atoms with van der Waals surface area (Å²) in [6.45, 7) is 1.54. The van der Waals surface area contributed by atoms with E-state index in [1.807, 2.05) is 78.9 Å². The van der Waals surface area contributed by atoms with E-state index in [1.165, 1.54) is 0 Å². The quantitative estimate of drug-likeness (QED) is 0.321. The van der Waals surface area contributed by atoms with E-state index in [9.17, 15) is 9.59 Å². The number of anilines is 1. The third kappa shape index (κ3) is 5.13. The van der Waals surface area contributed by atoms with Crippen LogP contribution in [0, 0.1) is 0 Å². The lowest BCUT2D eigenvalue weighted by Gasteiger charge is -2.15. The Morgan fingerprint density at radius 2 is 1.71 bits per heavy atom. The van der Waals surface area contributed by atoms with Gasteiger partial charge in [0.25, 0.3) is 11.1 Å². The number of nitrogens with one attached hydrogen (secondary N) is 1. The molecule has 0 aliphatic rings. The molecule has 4 rings (SSSR count). The van der Waals surface area contributed by atoms with E-state index in [2.05, 4.69) is 10.3 Å². The van der Waals surface area contributed by atoms with Crippen molar-refractivity contribution in [3.05, 3.63) is 78.9 Å². The molecule has 1 atom stereocenters. The van der Waals surface area contributed by atoms with Crippen LogP contribution in [0.2, 0.25) is 0 Å².